The normalized spacial score (nSPS) is 34.1. The summed E-state index contributed by atoms with van der Waals surface area (Å²) in [4.78, 5) is 10.5. The van der Waals surface area contributed by atoms with E-state index in [-0.39, 0.29) is 11.6 Å². The number of carbonyl (C=O) groups excluding carboxylic acids is 1. The maximum atomic E-state index is 10.5. The van der Waals surface area contributed by atoms with E-state index in [4.69, 9.17) is 4.74 Å². The summed E-state index contributed by atoms with van der Waals surface area (Å²) >= 11 is 0. The molecule has 2 heteroatoms. The molecule has 1 fully saturated rings. The zero-order chi connectivity index (χ0) is 6.91. The molecule has 1 aliphatic rings. The van der Waals surface area contributed by atoms with E-state index in [0.29, 0.717) is 6.42 Å². The molecule has 0 N–H and O–H groups in total. The van der Waals surface area contributed by atoms with Gasteiger partial charge >= 0.3 is 5.97 Å². The molecule has 0 saturated carbocycles. The van der Waals surface area contributed by atoms with Gasteiger partial charge in [0.25, 0.3) is 0 Å². The number of rotatable bonds is 1. The van der Waals surface area contributed by atoms with Crippen LogP contribution in [-0.4, -0.2) is 11.6 Å². The van der Waals surface area contributed by atoms with Gasteiger partial charge in [0.2, 0.25) is 0 Å². The van der Waals surface area contributed by atoms with Gasteiger partial charge in [-0.1, -0.05) is 6.58 Å². The third-order valence-electron chi connectivity index (χ3n) is 1.60. The first-order valence-electron chi connectivity index (χ1n) is 3.02. The van der Waals surface area contributed by atoms with Crippen LogP contribution in [0.4, 0.5) is 0 Å². The molecule has 1 aliphatic heterocycles. The summed E-state index contributed by atoms with van der Waals surface area (Å²) in [5, 5.41) is 0. The molecule has 50 valence electrons. The monoisotopic (exact) mass is 126 g/mol. The van der Waals surface area contributed by atoms with Gasteiger partial charge in [0, 0.05) is 12.8 Å². The largest absolute Gasteiger partial charge is 0.455 e. The SMILES string of the molecule is C=C[C@@]1(C)CCC(=O)O1. The Hall–Kier alpha value is -0.790. The Morgan fingerprint density at radius 3 is 2.78 bits per heavy atom. The van der Waals surface area contributed by atoms with Crippen LogP contribution in [0.2, 0.25) is 0 Å². The van der Waals surface area contributed by atoms with Crippen molar-refractivity contribution in [1.29, 1.82) is 0 Å². The van der Waals surface area contributed by atoms with Crippen molar-refractivity contribution in [2.24, 2.45) is 0 Å². The van der Waals surface area contributed by atoms with Crippen molar-refractivity contribution in [3.05, 3.63) is 12.7 Å². The van der Waals surface area contributed by atoms with E-state index in [1.54, 1.807) is 6.08 Å². The standard InChI is InChI=1S/C7H10O2/c1-3-7(2)5-4-6(8)9-7/h3H,1,4-5H2,2H3/t7-/m0/s1. The van der Waals surface area contributed by atoms with Crippen molar-refractivity contribution >= 4 is 5.97 Å². The van der Waals surface area contributed by atoms with Gasteiger partial charge in [0.15, 0.2) is 0 Å². The van der Waals surface area contributed by atoms with Gasteiger partial charge in [-0.3, -0.25) is 4.79 Å². The second-order valence-electron chi connectivity index (χ2n) is 2.49. The molecule has 9 heavy (non-hydrogen) atoms. The Morgan fingerprint density at radius 2 is 2.56 bits per heavy atom. The van der Waals surface area contributed by atoms with Crippen molar-refractivity contribution in [2.45, 2.75) is 25.4 Å². The van der Waals surface area contributed by atoms with Crippen LogP contribution in [0.15, 0.2) is 12.7 Å². The number of hydrogen-bond donors (Lipinski definition) is 0. The fourth-order valence-corrected chi connectivity index (χ4v) is 0.856. The maximum absolute atomic E-state index is 10.5. The minimum absolute atomic E-state index is 0.114. The van der Waals surface area contributed by atoms with Gasteiger partial charge < -0.3 is 4.74 Å². The Morgan fingerprint density at radius 1 is 1.89 bits per heavy atom. The van der Waals surface area contributed by atoms with E-state index in [9.17, 15) is 4.79 Å². The first-order valence-corrected chi connectivity index (χ1v) is 3.02. The molecule has 1 rings (SSSR count). The predicted octanol–water partition coefficient (Wildman–Crippen LogP) is 1.27. The summed E-state index contributed by atoms with van der Waals surface area (Å²) in [6.07, 6.45) is 2.98. The lowest BCUT2D eigenvalue weighted by atomic mass is 10.0. The highest BCUT2D eigenvalue weighted by Crippen LogP contribution is 2.26. The highest BCUT2D eigenvalue weighted by Gasteiger charge is 2.32. The molecule has 0 bridgehead atoms. The van der Waals surface area contributed by atoms with Gasteiger partial charge in [-0.05, 0) is 13.0 Å². The Labute approximate surface area is 54.5 Å². The first kappa shape index (κ1) is 6.33. The summed E-state index contributed by atoms with van der Waals surface area (Å²) in [7, 11) is 0. The van der Waals surface area contributed by atoms with Crippen LogP contribution in [0.5, 0.6) is 0 Å². The molecule has 0 unspecified atom stereocenters. The Balaban J connectivity index is 2.65. The van der Waals surface area contributed by atoms with Crippen molar-refractivity contribution in [2.75, 3.05) is 0 Å². The third kappa shape index (κ3) is 1.12. The molecular weight excluding hydrogens is 116 g/mol. The summed E-state index contributed by atoms with van der Waals surface area (Å²) in [6.45, 7) is 5.44. The minimum atomic E-state index is -0.378. The molecule has 0 spiro atoms. The quantitative estimate of drug-likeness (QED) is 0.390. The van der Waals surface area contributed by atoms with Crippen LogP contribution in [0.25, 0.3) is 0 Å². The third-order valence-corrected chi connectivity index (χ3v) is 1.60. The molecule has 0 amide bonds. The van der Waals surface area contributed by atoms with E-state index < -0.39 is 0 Å². The number of cyclic esters (lactones) is 1. The molecule has 1 atom stereocenters. The minimum Gasteiger partial charge on any atom is -0.455 e. The van der Waals surface area contributed by atoms with Crippen molar-refractivity contribution in [3.8, 4) is 0 Å². The van der Waals surface area contributed by atoms with Crippen LogP contribution < -0.4 is 0 Å². The molecule has 0 aliphatic carbocycles. The van der Waals surface area contributed by atoms with Crippen LogP contribution in [0, 0.1) is 0 Å². The summed E-state index contributed by atoms with van der Waals surface area (Å²) in [6, 6.07) is 0. The van der Waals surface area contributed by atoms with Gasteiger partial charge in [-0.2, -0.15) is 0 Å². The number of esters is 1. The van der Waals surface area contributed by atoms with E-state index in [1.807, 2.05) is 6.92 Å². The lowest BCUT2D eigenvalue weighted by Crippen LogP contribution is -2.19. The van der Waals surface area contributed by atoms with Crippen molar-refractivity contribution < 1.29 is 9.53 Å². The van der Waals surface area contributed by atoms with Crippen molar-refractivity contribution in [1.82, 2.24) is 0 Å². The van der Waals surface area contributed by atoms with E-state index in [2.05, 4.69) is 6.58 Å². The van der Waals surface area contributed by atoms with Gasteiger partial charge in [0.1, 0.15) is 5.60 Å². The average Bonchev–Trinajstić information content (AvgIpc) is 2.13. The van der Waals surface area contributed by atoms with E-state index in [0.717, 1.165) is 6.42 Å². The lowest BCUT2D eigenvalue weighted by Gasteiger charge is -2.15. The molecule has 0 aromatic carbocycles. The van der Waals surface area contributed by atoms with Gasteiger partial charge in [-0.25, -0.2) is 0 Å². The zero-order valence-corrected chi connectivity index (χ0v) is 5.52. The fourth-order valence-electron chi connectivity index (χ4n) is 0.856. The number of hydrogen-bond acceptors (Lipinski definition) is 2. The molecule has 1 heterocycles. The second-order valence-corrected chi connectivity index (χ2v) is 2.49. The van der Waals surface area contributed by atoms with Crippen molar-refractivity contribution in [3.63, 3.8) is 0 Å². The maximum Gasteiger partial charge on any atom is 0.306 e. The Bertz CT molecular complexity index is 151. The topological polar surface area (TPSA) is 26.3 Å². The summed E-state index contributed by atoms with van der Waals surface area (Å²) in [5.41, 5.74) is -0.378. The molecule has 1 saturated heterocycles. The highest BCUT2D eigenvalue weighted by molar-refractivity contribution is 5.72. The smallest absolute Gasteiger partial charge is 0.306 e. The van der Waals surface area contributed by atoms with E-state index >= 15 is 0 Å². The van der Waals surface area contributed by atoms with Crippen LogP contribution in [0.1, 0.15) is 19.8 Å². The van der Waals surface area contributed by atoms with Gasteiger partial charge in [-0.15, -0.1) is 0 Å². The Kier molecular flexibility index (Phi) is 1.31. The lowest BCUT2D eigenvalue weighted by molar-refractivity contribution is -0.144. The molecular formula is C7H10O2. The molecule has 2 nitrogen and oxygen atoms in total. The second kappa shape index (κ2) is 1.87. The predicted molar refractivity (Wildman–Crippen MR) is 33.9 cm³/mol. The van der Waals surface area contributed by atoms with Crippen LogP contribution in [0.3, 0.4) is 0 Å². The highest BCUT2D eigenvalue weighted by atomic mass is 16.6. The first-order chi connectivity index (χ1) is 4.16. The summed E-state index contributed by atoms with van der Waals surface area (Å²) < 4.78 is 4.94. The molecule has 0 radical (unpaired) electrons. The van der Waals surface area contributed by atoms with Crippen LogP contribution in [-0.2, 0) is 9.53 Å². The van der Waals surface area contributed by atoms with Gasteiger partial charge in [0.05, 0.1) is 0 Å². The average molecular weight is 126 g/mol. The zero-order valence-electron chi connectivity index (χ0n) is 5.52. The number of ether oxygens (including phenoxy) is 1. The molecule has 0 aromatic heterocycles. The number of carbonyl (C=O) groups is 1. The van der Waals surface area contributed by atoms with E-state index in [1.165, 1.54) is 0 Å². The summed E-state index contributed by atoms with van der Waals surface area (Å²) in [5.74, 6) is -0.114. The fraction of sp³-hybridized carbons (Fsp3) is 0.571. The van der Waals surface area contributed by atoms with Crippen LogP contribution >= 0.6 is 0 Å². The molecule has 0 aromatic rings.